The zero-order chi connectivity index (χ0) is 50.6. The first-order valence-corrected chi connectivity index (χ1v) is 25.7. The predicted molar refractivity (Wildman–Crippen MR) is 312 cm³/mol. The zero-order valence-corrected chi connectivity index (χ0v) is 41.1. The van der Waals surface area contributed by atoms with Gasteiger partial charge in [-0.2, -0.15) is 0 Å². The topological polar surface area (TPSA) is 95.7 Å². The lowest BCUT2D eigenvalue weighted by Crippen LogP contribution is -2.00. The normalized spacial score (nSPS) is 11.9. The van der Waals surface area contributed by atoms with Gasteiger partial charge in [0, 0.05) is 55.0 Å². The van der Waals surface area contributed by atoms with E-state index < -0.39 is 0 Å². The summed E-state index contributed by atoms with van der Waals surface area (Å²) < 4.78 is 14.7. The molecule has 0 bridgehead atoms. The van der Waals surface area contributed by atoms with Gasteiger partial charge in [0.15, 0.2) is 28.6 Å². The minimum atomic E-state index is 0.576. The second-order valence-corrected chi connectivity index (χ2v) is 19.7. The Labute approximate surface area is 439 Å². The van der Waals surface area contributed by atoms with Crippen molar-refractivity contribution >= 4 is 87.1 Å². The summed E-state index contributed by atoms with van der Waals surface area (Å²) in [6, 6.07) is 84.7. The molecule has 0 aliphatic carbocycles. The summed E-state index contributed by atoms with van der Waals surface area (Å²) in [6.45, 7) is 0. The van der Waals surface area contributed by atoms with Crippen molar-refractivity contribution in [2.24, 2.45) is 0 Å². The molecular formula is C69H40N6O2. The van der Waals surface area contributed by atoms with Crippen LogP contribution in [-0.2, 0) is 0 Å². The molecule has 0 amide bonds. The lowest BCUT2D eigenvalue weighted by atomic mass is 9.98. The molecule has 77 heavy (non-hydrogen) atoms. The van der Waals surface area contributed by atoms with Crippen molar-refractivity contribution in [2.75, 3.05) is 0 Å². The number of fused-ring (bicyclic) bond motifs is 11. The zero-order valence-electron chi connectivity index (χ0n) is 41.1. The molecule has 16 aromatic rings. The molecule has 0 saturated carbocycles. The fourth-order valence-corrected chi connectivity index (χ4v) is 11.2. The van der Waals surface area contributed by atoms with E-state index in [1.807, 2.05) is 48.5 Å². The quantitative estimate of drug-likeness (QED) is 0.157. The monoisotopic (exact) mass is 984 g/mol. The van der Waals surface area contributed by atoms with Crippen LogP contribution in [0, 0.1) is 0 Å². The summed E-state index contributed by atoms with van der Waals surface area (Å²) in [5.74, 6) is 2.91. The molecule has 4 heterocycles. The van der Waals surface area contributed by atoms with E-state index in [0.29, 0.717) is 29.3 Å². The van der Waals surface area contributed by atoms with Gasteiger partial charge in [-0.3, -0.25) is 0 Å². The van der Waals surface area contributed by atoms with Crippen LogP contribution in [-0.4, -0.2) is 29.5 Å². The van der Waals surface area contributed by atoms with E-state index in [1.165, 1.54) is 43.4 Å². The second kappa shape index (κ2) is 17.0. The molecule has 16 rings (SSSR count). The second-order valence-electron chi connectivity index (χ2n) is 19.7. The van der Waals surface area contributed by atoms with E-state index in [1.54, 1.807) is 0 Å². The average molecular weight is 985 g/mol. The predicted octanol–water partition coefficient (Wildman–Crippen LogP) is 17.9. The molecule has 12 aromatic carbocycles. The molecule has 0 spiro atoms. The van der Waals surface area contributed by atoms with E-state index in [-0.39, 0.29) is 0 Å². The van der Waals surface area contributed by atoms with Crippen molar-refractivity contribution in [3.63, 3.8) is 0 Å². The number of para-hydroxylation sites is 5. The van der Waals surface area contributed by atoms with Crippen molar-refractivity contribution in [3.05, 3.63) is 243 Å². The van der Waals surface area contributed by atoms with Gasteiger partial charge < -0.3 is 13.4 Å². The summed E-state index contributed by atoms with van der Waals surface area (Å²) in [4.78, 5) is 25.1. The highest BCUT2D eigenvalue weighted by Gasteiger charge is 2.20. The number of hydrogen-bond donors (Lipinski definition) is 0. The molecule has 0 saturated heterocycles. The van der Waals surface area contributed by atoms with E-state index >= 15 is 0 Å². The number of hydrogen-bond acceptors (Lipinski definition) is 7. The Morgan fingerprint density at radius 3 is 1.25 bits per heavy atom. The van der Waals surface area contributed by atoms with Crippen LogP contribution < -0.4 is 0 Å². The van der Waals surface area contributed by atoms with Crippen LogP contribution in [0.25, 0.3) is 161 Å². The molecule has 358 valence electrons. The summed E-state index contributed by atoms with van der Waals surface area (Å²) in [7, 11) is 0. The molecule has 0 fully saturated rings. The Balaban J connectivity index is 0.783. The minimum absolute atomic E-state index is 0.576. The fourth-order valence-electron chi connectivity index (χ4n) is 11.2. The van der Waals surface area contributed by atoms with E-state index in [0.717, 1.165) is 88.4 Å². The smallest absolute Gasteiger partial charge is 0.227 e. The molecule has 4 aromatic heterocycles. The molecule has 8 nitrogen and oxygen atoms in total. The highest BCUT2D eigenvalue weighted by Crippen LogP contribution is 2.41. The number of nitrogens with zero attached hydrogens (tertiary/aromatic N) is 6. The van der Waals surface area contributed by atoms with Crippen molar-refractivity contribution in [3.8, 4) is 73.9 Å². The average Bonchev–Trinajstić information content (AvgIpc) is 4.43. The third-order valence-corrected chi connectivity index (χ3v) is 15.0. The molecule has 8 heteroatoms. The van der Waals surface area contributed by atoms with Crippen molar-refractivity contribution in [1.29, 1.82) is 0 Å². The van der Waals surface area contributed by atoms with Crippen LogP contribution >= 0.6 is 0 Å². The van der Waals surface area contributed by atoms with Crippen LogP contribution in [0.2, 0.25) is 0 Å². The molecular weight excluding hydrogens is 945 g/mol. The van der Waals surface area contributed by atoms with Crippen LogP contribution in [0.1, 0.15) is 0 Å². The summed E-state index contributed by atoms with van der Waals surface area (Å²) in [5.41, 5.74) is 13.4. The van der Waals surface area contributed by atoms with Gasteiger partial charge in [0.2, 0.25) is 11.8 Å². The van der Waals surface area contributed by atoms with Gasteiger partial charge in [-0.15, -0.1) is 0 Å². The van der Waals surface area contributed by atoms with Crippen LogP contribution in [0.5, 0.6) is 0 Å². The maximum atomic E-state index is 6.13. The van der Waals surface area contributed by atoms with Gasteiger partial charge >= 0.3 is 0 Å². The minimum Gasteiger partial charge on any atom is -0.436 e. The largest absolute Gasteiger partial charge is 0.436 e. The van der Waals surface area contributed by atoms with Crippen LogP contribution in [0.15, 0.2) is 251 Å². The summed E-state index contributed by atoms with van der Waals surface area (Å²) in [5, 5.41) is 11.5. The third-order valence-electron chi connectivity index (χ3n) is 15.0. The standard InChI is InChI=1S/C69H40N6O2/c1-2-11-54(12-3-1)75-63-55-13-5-4-10-42(55)30-34-57(63)58-35-32-49-36-44(31-33-56(49)64(58)75)41-18-20-43(21-19-41)65-72-66(50-26-22-47-39-52(28-24-45(47)37-50)68-70-59-14-6-8-16-61(59)76-68)74-67(73-65)51-27-23-48-40-53(29-25-46(48)38-51)69-71-60-15-7-9-17-62(60)77-69/h1-40H. The SMILES string of the molecule is c1ccc(-n2c3c4ccccc4ccc3c3ccc4cc(-c5ccc(-c6nc(-c7ccc8cc(-c9nc%10ccccc%10o9)ccc8c7)nc(-c7ccc8cc(-c9nc%10ccccc%10o9)ccc8c7)n6)cc5)ccc4c32)cc1. The first-order chi connectivity index (χ1) is 38.1. The lowest BCUT2D eigenvalue weighted by Gasteiger charge is -2.12. The van der Waals surface area contributed by atoms with Gasteiger partial charge in [-0.1, -0.05) is 164 Å². The molecule has 0 N–H and O–H groups in total. The third kappa shape index (κ3) is 7.18. The first kappa shape index (κ1) is 42.9. The van der Waals surface area contributed by atoms with Gasteiger partial charge in [0.05, 0.1) is 11.0 Å². The lowest BCUT2D eigenvalue weighted by molar-refractivity contribution is 0.619. The Morgan fingerprint density at radius 2 is 0.662 bits per heavy atom. The fraction of sp³-hybridized carbons (Fsp3) is 0. The molecule has 0 radical (unpaired) electrons. The van der Waals surface area contributed by atoms with Gasteiger partial charge in [-0.05, 0) is 122 Å². The highest BCUT2D eigenvalue weighted by molar-refractivity contribution is 6.24. The van der Waals surface area contributed by atoms with Crippen molar-refractivity contribution in [1.82, 2.24) is 29.5 Å². The van der Waals surface area contributed by atoms with Crippen molar-refractivity contribution in [2.45, 2.75) is 0 Å². The first-order valence-electron chi connectivity index (χ1n) is 25.7. The van der Waals surface area contributed by atoms with Crippen LogP contribution in [0.4, 0.5) is 0 Å². The molecule has 0 aliphatic heterocycles. The van der Waals surface area contributed by atoms with Gasteiger partial charge in [-0.25, -0.2) is 24.9 Å². The Bertz CT molecular complexity index is 4810. The molecule has 0 aliphatic rings. The van der Waals surface area contributed by atoms with E-state index in [4.69, 9.17) is 33.8 Å². The number of aromatic nitrogens is 6. The maximum absolute atomic E-state index is 6.13. The number of benzene rings is 12. The summed E-state index contributed by atoms with van der Waals surface area (Å²) in [6.07, 6.45) is 0. The van der Waals surface area contributed by atoms with E-state index in [2.05, 4.69) is 199 Å². The Kier molecular flexibility index (Phi) is 9.46. The Morgan fingerprint density at radius 1 is 0.260 bits per heavy atom. The van der Waals surface area contributed by atoms with Gasteiger partial charge in [0.25, 0.3) is 0 Å². The number of rotatable bonds is 7. The number of oxazole rings is 2. The molecule has 0 unspecified atom stereocenters. The van der Waals surface area contributed by atoms with Crippen LogP contribution in [0.3, 0.4) is 0 Å². The molecule has 0 atom stereocenters. The highest BCUT2D eigenvalue weighted by atomic mass is 16.4. The Hall–Kier alpha value is -10.6. The summed E-state index contributed by atoms with van der Waals surface area (Å²) >= 11 is 0. The van der Waals surface area contributed by atoms with Crippen molar-refractivity contribution < 1.29 is 8.83 Å². The van der Waals surface area contributed by atoms with E-state index in [9.17, 15) is 0 Å². The van der Waals surface area contributed by atoms with Gasteiger partial charge in [0.1, 0.15) is 11.0 Å². The maximum Gasteiger partial charge on any atom is 0.227 e.